The van der Waals surface area contributed by atoms with Crippen molar-refractivity contribution in [1.29, 1.82) is 0 Å². The summed E-state index contributed by atoms with van der Waals surface area (Å²) >= 11 is 1.72. The summed E-state index contributed by atoms with van der Waals surface area (Å²) in [5, 5.41) is 18.6. The minimum atomic E-state index is -5.08. The number of nitrogens with zero attached hydrogens (tertiary/aromatic N) is 3. The maximum atomic E-state index is 12.1. The molecule has 148 valence electrons. The highest BCUT2D eigenvalue weighted by atomic mass is 32.1. The van der Waals surface area contributed by atoms with E-state index in [0.29, 0.717) is 5.69 Å². The number of carboxylic acids is 1. The van der Waals surface area contributed by atoms with Crippen molar-refractivity contribution >= 4 is 23.2 Å². The van der Waals surface area contributed by atoms with Gasteiger partial charge >= 0.3 is 12.1 Å². The van der Waals surface area contributed by atoms with E-state index in [4.69, 9.17) is 9.90 Å². The zero-order chi connectivity index (χ0) is 20.2. The predicted octanol–water partition coefficient (Wildman–Crippen LogP) is 2.36. The number of nitrogens with one attached hydrogen (secondary N) is 1. The average molecular weight is 404 g/mol. The van der Waals surface area contributed by atoms with Gasteiger partial charge in [0.2, 0.25) is 0 Å². The van der Waals surface area contributed by atoms with Crippen LogP contribution in [0.5, 0.6) is 0 Å². The third-order valence-corrected chi connectivity index (χ3v) is 4.58. The number of alkyl halides is 3. The molecule has 1 aliphatic heterocycles. The molecule has 0 aromatic carbocycles. The van der Waals surface area contributed by atoms with Crippen LogP contribution in [0.4, 0.5) is 13.2 Å². The SMILES string of the molecule is CN(C)C(=O)c1n[nH]c2c1CN(Cc1ccsc1)CC2.O=C(O)C(F)(F)F. The van der Waals surface area contributed by atoms with Gasteiger partial charge in [-0.05, 0) is 22.4 Å². The first-order valence-electron chi connectivity index (χ1n) is 7.91. The van der Waals surface area contributed by atoms with Crippen molar-refractivity contribution < 1.29 is 27.9 Å². The van der Waals surface area contributed by atoms with Crippen LogP contribution in [0.15, 0.2) is 16.8 Å². The Hall–Kier alpha value is -2.40. The van der Waals surface area contributed by atoms with Gasteiger partial charge in [0.25, 0.3) is 5.91 Å². The number of aromatic nitrogens is 2. The van der Waals surface area contributed by atoms with Crippen LogP contribution in [0.25, 0.3) is 0 Å². The molecular weight excluding hydrogens is 385 g/mol. The number of thiophene rings is 1. The zero-order valence-corrected chi connectivity index (χ0v) is 15.5. The summed E-state index contributed by atoms with van der Waals surface area (Å²) < 4.78 is 31.7. The second-order valence-corrected chi connectivity index (χ2v) is 6.90. The van der Waals surface area contributed by atoms with Crippen LogP contribution < -0.4 is 0 Å². The number of rotatable bonds is 3. The average Bonchev–Trinajstić information content (AvgIpc) is 3.23. The molecule has 0 fully saturated rings. The molecule has 2 N–H and O–H groups in total. The lowest BCUT2D eigenvalue weighted by molar-refractivity contribution is -0.192. The smallest absolute Gasteiger partial charge is 0.475 e. The number of carbonyl (C=O) groups excluding carboxylic acids is 1. The molecule has 11 heteroatoms. The molecule has 3 rings (SSSR count). The van der Waals surface area contributed by atoms with Crippen molar-refractivity contribution in [2.24, 2.45) is 0 Å². The topological polar surface area (TPSA) is 89.5 Å². The van der Waals surface area contributed by atoms with E-state index in [1.807, 2.05) is 0 Å². The molecule has 0 radical (unpaired) electrons. The van der Waals surface area contributed by atoms with Gasteiger partial charge in [0.05, 0.1) is 0 Å². The number of hydrogen-bond acceptors (Lipinski definition) is 5. The van der Waals surface area contributed by atoms with Crippen molar-refractivity contribution in [3.8, 4) is 0 Å². The van der Waals surface area contributed by atoms with E-state index in [2.05, 4.69) is 31.9 Å². The normalized spacial score (nSPS) is 14.1. The largest absolute Gasteiger partial charge is 0.490 e. The molecule has 3 heterocycles. The van der Waals surface area contributed by atoms with Crippen LogP contribution in [0, 0.1) is 0 Å². The van der Waals surface area contributed by atoms with Gasteiger partial charge in [0.15, 0.2) is 5.69 Å². The van der Waals surface area contributed by atoms with Crippen molar-refractivity contribution in [3.05, 3.63) is 39.3 Å². The zero-order valence-electron chi connectivity index (χ0n) is 14.7. The molecule has 27 heavy (non-hydrogen) atoms. The highest BCUT2D eigenvalue weighted by molar-refractivity contribution is 7.07. The van der Waals surface area contributed by atoms with Gasteiger partial charge in [-0.3, -0.25) is 14.8 Å². The molecule has 0 saturated carbocycles. The Kier molecular flexibility index (Phi) is 6.60. The van der Waals surface area contributed by atoms with Gasteiger partial charge in [0.1, 0.15) is 0 Å². The monoisotopic (exact) mass is 404 g/mol. The summed E-state index contributed by atoms with van der Waals surface area (Å²) in [5.74, 6) is -2.78. The quantitative estimate of drug-likeness (QED) is 0.820. The van der Waals surface area contributed by atoms with Gasteiger partial charge < -0.3 is 10.0 Å². The summed E-state index contributed by atoms with van der Waals surface area (Å²) in [4.78, 5) is 25.0. The molecule has 0 bridgehead atoms. The van der Waals surface area contributed by atoms with E-state index in [0.717, 1.165) is 37.3 Å². The van der Waals surface area contributed by atoms with E-state index in [1.165, 1.54) is 5.56 Å². The number of carboxylic acid groups (broad SMARTS) is 1. The number of carbonyl (C=O) groups is 2. The highest BCUT2D eigenvalue weighted by Crippen LogP contribution is 2.23. The fraction of sp³-hybridized carbons (Fsp3) is 0.438. The van der Waals surface area contributed by atoms with Crippen LogP contribution in [0.3, 0.4) is 0 Å². The van der Waals surface area contributed by atoms with Crippen LogP contribution in [0.1, 0.15) is 27.3 Å². The first-order chi connectivity index (χ1) is 12.6. The molecule has 1 amide bonds. The lowest BCUT2D eigenvalue weighted by Gasteiger charge is -2.26. The molecule has 0 aliphatic carbocycles. The third-order valence-electron chi connectivity index (χ3n) is 3.85. The second-order valence-electron chi connectivity index (χ2n) is 6.12. The number of aliphatic carboxylic acids is 1. The fourth-order valence-corrected chi connectivity index (χ4v) is 3.18. The maximum absolute atomic E-state index is 12.1. The van der Waals surface area contributed by atoms with E-state index in [-0.39, 0.29) is 5.91 Å². The van der Waals surface area contributed by atoms with E-state index in [9.17, 15) is 18.0 Å². The number of halogens is 3. The van der Waals surface area contributed by atoms with Crippen molar-refractivity contribution in [1.82, 2.24) is 20.0 Å². The minimum absolute atomic E-state index is 0.0279. The van der Waals surface area contributed by atoms with Crippen molar-refractivity contribution in [2.45, 2.75) is 25.7 Å². The summed E-state index contributed by atoms with van der Waals surface area (Å²) in [6.45, 7) is 2.72. The Morgan fingerprint density at radius 3 is 2.59 bits per heavy atom. The molecule has 0 saturated heterocycles. The van der Waals surface area contributed by atoms with Crippen LogP contribution in [-0.2, 0) is 24.3 Å². The van der Waals surface area contributed by atoms with Gasteiger partial charge in [0, 0.05) is 51.4 Å². The van der Waals surface area contributed by atoms with Gasteiger partial charge in [-0.25, -0.2) is 4.79 Å². The highest BCUT2D eigenvalue weighted by Gasteiger charge is 2.38. The van der Waals surface area contributed by atoms with Crippen LogP contribution >= 0.6 is 11.3 Å². The number of aromatic amines is 1. The lowest BCUT2D eigenvalue weighted by Crippen LogP contribution is -2.31. The third kappa shape index (κ3) is 5.54. The molecule has 0 atom stereocenters. The number of amides is 1. The molecule has 0 spiro atoms. The Labute approximate surface area is 157 Å². The Bertz CT molecular complexity index is 787. The second kappa shape index (κ2) is 8.53. The fourth-order valence-electron chi connectivity index (χ4n) is 2.52. The Morgan fingerprint density at radius 2 is 2.07 bits per heavy atom. The van der Waals surface area contributed by atoms with Crippen LogP contribution in [-0.4, -0.2) is 63.8 Å². The number of H-pyrrole nitrogens is 1. The van der Waals surface area contributed by atoms with Gasteiger partial charge in [-0.2, -0.15) is 29.6 Å². The Morgan fingerprint density at radius 1 is 1.41 bits per heavy atom. The molecular formula is C16H19F3N4O3S. The molecule has 2 aromatic rings. The number of hydrogen-bond donors (Lipinski definition) is 2. The lowest BCUT2D eigenvalue weighted by atomic mass is 10.0. The standard InChI is InChI=1S/C14H18N4OS.C2HF3O2/c1-17(2)14(19)13-11-8-18(5-3-12(11)15-16-13)7-10-4-6-20-9-10;3-2(4,5)1(6)7/h4,6,9H,3,5,7-8H2,1-2H3,(H,15,16);(H,6,7). The summed E-state index contributed by atoms with van der Waals surface area (Å²) in [7, 11) is 3.52. The van der Waals surface area contributed by atoms with E-state index < -0.39 is 12.1 Å². The first-order valence-corrected chi connectivity index (χ1v) is 8.85. The maximum Gasteiger partial charge on any atom is 0.490 e. The van der Waals surface area contributed by atoms with Gasteiger partial charge in [-0.1, -0.05) is 0 Å². The summed E-state index contributed by atoms with van der Waals surface area (Å²) in [6.07, 6.45) is -4.16. The van der Waals surface area contributed by atoms with Crippen molar-refractivity contribution in [3.63, 3.8) is 0 Å². The van der Waals surface area contributed by atoms with E-state index in [1.54, 1.807) is 30.3 Å². The minimum Gasteiger partial charge on any atom is -0.475 e. The van der Waals surface area contributed by atoms with E-state index >= 15 is 0 Å². The predicted molar refractivity (Wildman–Crippen MR) is 92.4 cm³/mol. The molecule has 7 nitrogen and oxygen atoms in total. The molecule has 0 unspecified atom stereocenters. The molecule has 1 aliphatic rings. The molecule has 2 aromatic heterocycles. The number of fused-ring (bicyclic) bond motifs is 1. The van der Waals surface area contributed by atoms with Gasteiger partial charge in [-0.15, -0.1) is 0 Å². The first kappa shape index (κ1) is 20.9. The summed E-state index contributed by atoms with van der Waals surface area (Å²) in [6, 6.07) is 2.15. The van der Waals surface area contributed by atoms with Crippen LogP contribution in [0.2, 0.25) is 0 Å². The van der Waals surface area contributed by atoms with Crippen molar-refractivity contribution in [2.75, 3.05) is 20.6 Å². The Balaban J connectivity index is 0.000000321. The summed E-state index contributed by atoms with van der Waals surface area (Å²) in [5.41, 5.74) is 4.07.